The van der Waals surface area contributed by atoms with Gasteiger partial charge in [-0.1, -0.05) is 340 Å². The van der Waals surface area contributed by atoms with Crippen molar-refractivity contribution in [3.63, 3.8) is 0 Å². The van der Waals surface area contributed by atoms with Gasteiger partial charge < -0.3 is 0 Å². The van der Waals surface area contributed by atoms with E-state index in [9.17, 15) is 0 Å². The summed E-state index contributed by atoms with van der Waals surface area (Å²) in [6.45, 7) is 80.3. The van der Waals surface area contributed by atoms with Crippen LogP contribution in [0.25, 0.3) is 0 Å². The molecule has 0 aromatic carbocycles. The molecule has 0 radical (unpaired) electrons. The van der Waals surface area contributed by atoms with Gasteiger partial charge in [0.1, 0.15) is 0 Å². The smallest absolute Gasteiger partial charge is 0.0829 e. The van der Waals surface area contributed by atoms with Gasteiger partial charge in [0.2, 0.25) is 0 Å². The lowest BCUT2D eigenvalue weighted by Gasteiger charge is -2.08. The van der Waals surface area contributed by atoms with Crippen molar-refractivity contribution in [1.82, 2.24) is 120 Å². The predicted molar refractivity (Wildman–Crippen MR) is 552 cm³/mol. The van der Waals surface area contributed by atoms with E-state index in [4.69, 9.17) is 0 Å². The van der Waals surface area contributed by atoms with Crippen LogP contribution in [0.3, 0.4) is 0 Å². The molecule has 8 heterocycles. The first-order valence-corrected chi connectivity index (χ1v) is 53.2. The van der Waals surface area contributed by atoms with Crippen LogP contribution in [0, 0.1) is 94.7 Å². The van der Waals surface area contributed by atoms with E-state index in [1.54, 1.807) is 0 Å². The number of nitrogens with zero attached hydrogens (tertiary/aromatic N) is 24. The summed E-state index contributed by atoms with van der Waals surface area (Å²) in [5.41, 5.74) is 9.71. The summed E-state index contributed by atoms with van der Waals surface area (Å²) >= 11 is 0. The molecule has 0 fully saturated rings. The fourth-order valence-corrected chi connectivity index (χ4v) is 14.6. The van der Waals surface area contributed by atoms with E-state index in [-0.39, 0.29) is 0 Å². The molecule has 131 heavy (non-hydrogen) atoms. The lowest BCUT2D eigenvalue weighted by Crippen LogP contribution is -2.08. The zero-order valence-electron chi connectivity index (χ0n) is 91.0. The second kappa shape index (κ2) is 75.3. The lowest BCUT2D eigenvalue weighted by molar-refractivity contribution is 0.465. The molecule has 0 amide bonds. The van der Waals surface area contributed by atoms with Crippen LogP contribution >= 0.6 is 0 Å². The van der Waals surface area contributed by atoms with Crippen LogP contribution in [0.5, 0.6) is 0 Å². The SMILES string of the molecule is CC(C)CCCCCn1cc(CC(C)C)nn1.CC(C)CCCCn1nncc1CC(C)C.CC(C)CCCCn1nncc1CCC(C)C.CC(C)CCCCn1nncc1CCCC(C)C.CC(C)CCCc1cn(CC(C)C)nn1.CC(C)CCCc1cn(CCC(C)C)nn1.CC(C)CCCn1cc(CCC(C)C)nn1.CC(C)CCCn1nncc1CCC(C)C. The summed E-state index contributed by atoms with van der Waals surface area (Å²) in [5, 5.41) is 66.1. The Morgan fingerprint density at radius 1 is 0.183 bits per heavy atom. The van der Waals surface area contributed by atoms with E-state index in [0.717, 1.165) is 203 Å². The minimum Gasteiger partial charge on any atom is -0.252 e. The third-order valence-corrected chi connectivity index (χ3v) is 22.6. The highest BCUT2D eigenvalue weighted by molar-refractivity contribution is 4.99. The van der Waals surface area contributed by atoms with Crippen molar-refractivity contribution in [2.75, 3.05) is 0 Å². The Balaban J connectivity index is 0.000000749. The third-order valence-electron chi connectivity index (χ3n) is 22.6. The van der Waals surface area contributed by atoms with Gasteiger partial charge in [0, 0.05) is 77.1 Å². The van der Waals surface area contributed by atoms with Crippen molar-refractivity contribution < 1.29 is 0 Å². The van der Waals surface area contributed by atoms with Crippen molar-refractivity contribution in [1.29, 1.82) is 0 Å². The fourth-order valence-electron chi connectivity index (χ4n) is 14.6. The van der Waals surface area contributed by atoms with E-state index >= 15 is 0 Å². The van der Waals surface area contributed by atoms with Crippen LogP contribution in [0.1, 0.15) is 440 Å². The largest absolute Gasteiger partial charge is 0.252 e. The van der Waals surface area contributed by atoms with Crippen LogP contribution in [0.2, 0.25) is 0 Å². The molecule has 754 valence electrons. The molecular weight excluding hydrogens is 1620 g/mol. The van der Waals surface area contributed by atoms with Gasteiger partial charge in [0.05, 0.1) is 70.3 Å². The van der Waals surface area contributed by atoms with Gasteiger partial charge in [-0.2, -0.15) is 0 Å². The normalized spacial score (nSPS) is 11.6. The molecule has 0 unspecified atom stereocenters. The number of hydrogen-bond donors (Lipinski definition) is 0. The molecule has 0 N–H and O–H groups in total. The highest BCUT2D eigenvalue weighted by Crippen LogP contribution is 2.20. The molecule has 24 heteroatoms. The van der Waals surface area contributed by atoms with E-state index in [2.05, 4.69) is 348 Å². The highest BCUT2D eigenvalue weighted by atomic mass is 15.5. The molecule has 0 atom stereocenters. The zero-order chi connectivity index (χ0) is 97.9. The number of hydrogen-bond acceptors (Lipinski definition) is 16. The summed E-state index contributed by atoms with van der Waals surface area (Å²) in [4.78, 5) is 0. The molecule has 8 aromatic heterocycles. The first kappa shape index (κ1) is 122. The monoisotopic (exact) mass is 1830 g/mol. The third kappa shape index (κ3) is 70.4. The molecule has 0 saturated carbocycles. The second-order valence-electron chi connectivity index (χ2n) is 44.6. The van der Waals surface area contributed by atoms with Gasteiger partial charge in [-0.25, -0.2) is 18.7 Å². The maximum Gasteiger partial charge on any atom is 0.0829 e. The van der Waals surface area contributed by atoms with Gasteiger partial charge >= 0.3 is 0 Å². The van der Waals surface area contributed by atoms with Crippen molar-refractivity contribution in [2.45, 2.75) is 499 Å². The van der Waals surface area contributed by atoms with E-state index in [1.165, 1.54) is 196 Å². The molecule has 0 aliphatic rings. The van der Waals surface area contributed by atoms with E-state index in [0.29, 0.717) is 17.8 Å². The Bertz CT molecular complexity index is 3760. The van der Waals surface area contributed by atoms with E-state index in [1.807, 2.05) is 43.5 Å². The topological polar surface area (TPSA) is 246 Å². The Morgan fingerprint density at radius 2 is 0.443 bits per heavy atom. The Labute approximate surface area is 803 Å². The molecule has 0 bridgehead atoms. The Hall–Kier alpha value is -6.88. The number of aryl methyl sites for hydroxylation is 13. The van der Waals surface area contributed by atoms with Gasteiger partial charge in [-0.15, -0.1) is 40.8 Å². The first-order valence-electron chi connectivity index (χ1n) is 53.2. The molecule has 0 aliphatic carbocycles. The van der Waals surface area contributed by atoms with Crippen molar-refractivity contribution in [3.05, 3.63) is 95.1 Å². The molecule has 8 aromatic rings. The van der Waals surface area contributed by atoms with Crippen LogP contribution in [-0.2, 0) is 104 Å². The summed E-state index contributed by atoms with van der Waals surface area (Å²) in [6, 6.07) is 0. The summed E-state index contributed by atoms with van der Waals surface area (Å²) in [5.74, 6) is 12.1. The molecule has 24 nitrogen and oxygen atoms in total. The van der Waals surface area contributed by atoms with Crippen LogP contribution in [-0.4, -0.2) is 120 Å². The zero-order valence-corrected chi connectivity index (χ0v) is 91.0. The summed E-state index contributed by atoms with van der Waals surface area (Å²) in [7, 11) is 0. The van der Waals surface area contributed by atoms with E-state index < -0.39 is 0 Å². The summed E-state index contributed by atoms with van der Waals surface area (Å²) < 4.78 is 16.2. The predicted octanol–water partition coefficient (Wildman–Crippen LogP) is 27.6. The summed E-state index contributed by atoms with van der Waals surface area (Å²) in [6.07, 6.45) is 58.7. The molecule has 0 aliphatic heterocycles. The van der Waals surface area contributed by atoms with Gasteiger partial charge in [0.15, 0.2) is 0 Å². The van der Waals surface area contributed by atoms with Crippen molar-refractivity contribution in [2.24, 2.45) is 94.7 Å². The number of unbranched alkanes of at least 4 members (excludes halogenated alkanes) is 5. The standard InChI is InChI=1S/C15H29N3.2C14H27N3.4C13H25N3.C12H23N3/c1-13(2)8-5-6-11-18-15(12-16-17-18)10-7-9-14(3)4;1-12(2)7-5-6-10-17-14(11-15-16-17)9-8-13(3)4;1-12(2)8-6-5-7-9-17-11-14(15-16-17)10-13(3)4;1-11(2)6-5-9-16-10-13(14-15-16)8-7-12(3)4;1-11(2)6-5-9-16-13(10-14-15-16)8-7-12(3)4;1-11(2)6-5-7-13-10-16(15-14-13)9-8-12(3)4;1-11(2)7-5-6-8-16-13(9-12(3)4)10-14-15-16;1-10(2)6-5-7-12-9-15(14-13-12)8-11(3)4/h12-14H,5-11H2,1-4H3;2*11-13H,5-10H2,1-4H3;4*10-12H,5-9H2,1-4H3;9-11H,5-8H2,1-4H3. The van der Waals surface area contributed by atoms with Crippen LogP contribution in [0.15, 0.2) is 49.6 Å². The Morgan fingerprint density at radius 3 is 0.817 bits per heavy atom. The maximum atomic E-state index is 4.20. The Kier molecular flexibility index (Phi) is 70.2. The molecule has 8 rings (SSSR count). The second-order valence-corrected chi connectivity index (χ2v) is 44.6. The maximum absolute atomic E-state index is 4.20. The lowest BCUT2D eigenvalue weighted by atomic mass is 10.1. The van der Waals surface area contributed by atoms with Crippen molar-refractivity contribution in [3.8, 4) is 0 Å². The minimum atomic E-state index is 0.634. The minimum absolute atomic E-state index is 0.634. The number of rotatable bonds is 59. The van der Waals surface area contributed by atoms with Gasteiger partial charge in [0.25, 0.3) is 0 Å². The highest BCUT2D eigenvalue weighted by Gasteiger charge is 2.14. The molecule has 0 spiro atoms. The van der Waals surface area contributed by atoms with Gasteiger partial charge in [-0.05, 0) is 242 Å². The average Bonchev–Trinajstić information content (AvgIpc) is 1.80. The fraction of sp³-hybridized carbons (Fsp3) is 0.850. The quantitative estimate of drug-likeness (QED) is 0.0322. The van der Waals surface area contributed by atoms with Gasteiger partial charge in [-0.3, -0.25) is 18.7 Å². The molecule has 0 saturated heterocycles. The van der Waals surface area contributed by atoms with Crippen LogP contribution < -0.4 is 0 Å². The van der Waals surface area contributed by atoms with Crippen LogP contribution in [0.4, 0.5) is 0 Å². The average molecular weight is 1830 g/mol. The molecular formula is C107H206N24. The first-order chi connectivity index (χ1) is 62.2. The van der Waals surface area contributed by atoms with Crippen molar-refractivity contribution >= 4 is 0 Å². The number of aromatic nitrogens is 24.